The molecule has 0 saturated carbocycles. The number of fused-ring (bicyclic) bond motifs is 2. The summed E-state index contributed by atoms with van der Waals surface area (Å²) in [7, 11) is 0. The van der Waals surface area contributed by atoms with Crippen LogP contribution in [0.4, 0.5) is 0 Å². The minimum absolute atomic E-state index is 0.672. The average molecular weight is 141 g/mol. The van der Waals surface area contributed by atoms with Crippen LogP contribution in [0.25, 0.3) is 0 Å². The molecule has 2 fully saturated rings. The van der Waals surface area contributed by atoms with Gasteiger partial charge in [0.1, 0.15) is 0 Å². The van der Waals surface area contributed by atoms with E-state index in [1.165, 1.54) is 25.8 Å². The van der Waals surface area contributed by atoms with Gasteiger partial charge in [0.05, 0.1) is 6.61 Å². The Morgan fingerprint density at radius 1 is 1.40 bits per heavy atom. The number of hydrogen-bond donors (Lipinski definition) is 1. The molecule has 2 unspecified atom stereocenters. The van der Waals surface area contributed by atoms with Gasteiger partial charge in [0.25, 0.3) is 0 Å². The van der Waals surface area contributed by atoms with Crippen molar-refractivity contribution in [3.8, 4) is 0 Å². The lowest BCUT2D eigenvalue weighted by molar-refractivity contribution is 0.102. The highest BCUT2D eigenvalue weighted by Crippen LogP contribution is 2.21. The maximum atomic E-state index is 5.44. The second-order valence-corrected chi connectivity index (χ2v) is 3.42. The van der Waals surface area contributed by atoms with Crippen molar-refractivity contribution in [1.82, 2.24) is 5.32 Å². The third-order valence-corrected chi connectivity index (χ3v) is 2.53. The van der Waals surface area contributed by atoms with Crippen LogP contribution in [0.15, 0.2) is 0 Å². The highest BCUT2D eigenvalue weighted by Gasteiger charge is 2.24. The molecule has 2 heteroatoms. The Kier molecular flexibility index (Phi) is 1.91. The van der Waals surface area contributed by atoms with Crippen molar-refractivity contribution in [2.75, 3.05) is 19.8 Å². The molecule has 0 spiro atoms. The van der Waals surface area contributed by atoms with Crippen LogP contribution < -0.4 is 5.32 Å². The monoisotopic (exact) mass is 141 g/mol. The van der Waals surface area contributed by atoms with Crippen molar-refractivity contribution in [3.05, 3.63) is 0 Å². The first-order valence-corrected chi connectivity index (χ1v) is 4.26. The van der Waals surface area contributed by atoms with Crippen LogP contribution in [-0.2, 0) is 4.74 Å². The molecular formula is C8H15NO. The molecule has 2 aliphatic heterocycles. The fraction of sp³-hybridized carbons (Fsp3) is 1.00. The summed E-state index contributed by atoms with van der Waals surface area (Å²) in [6.45, 7) is 3.15. The first kappa shape index (κ1) is 6.62. The molecule has 0 aliphatic carbocycles. The Morgan fingerprint density at radius 2 is 2.40 bits per heavy atom. The SMILES string of the molecule is C1COCC2CC(C1)CN2. The summed E-state index contributed by atoms with van der Waals surface area (Å²) in [5.41, 5.74) is 0. The molecule has 0 aromatic carbocycles. The molecule has 2 bridgehead atoms. The van der Waals surface area contributed by atoms with Crippen molar-refractivity contribution in [3.63, 3.8) is 0 Å². The molecule has 2 atom stereocenters. The predicted octanol–water partition coefficient (Wildman–Crippen LogP) is 0.775. The summed E-state index contributed by atoms with van der Waals surface area (Å²) >= 11 is 0. The van der Waals surface area contributed by atoms with Gasteiger partial charge in [-0.2, -0.15) is 0 Å². The minimum atomic E-state index is 0.672. The van der Waals surface area contributed by atoms with Crippen molar-refractivity contribution in [2.24, 2.45) is 5.92 Å². The van der Waals surface area contributed by atoms with E-state index in [1.807, 2.05) is 0 Å². The van der Waals surface area contributed by atoms with E-state index >= 15 is 0 Å². The molecule has 0 amide bonds. The third-order valence-electron chi connectivity index (χ3n) is 2.53. The number of rotatable bonds is 0. The maximum absolute atomic E-state index is 5.44. The Bertz CT molecular complexity index is 104. The maximum Gasteiger partial charge on any atom is 0.0619 e. The highest BCUT2D eigenvalue weighted by atomic mass is 16.5. The Morgan fingerprint density at radius 3 is 3.40 bits per heavy atom. The summed E-state index contributed by atoms with van der Waals surface area (Å²) in [4.78, 5) is 0. The van der Waals surface area contributed by atoms with Gasteiger partial charge in [-0.15, -0.1) is 0 Å². The lowest BCUT2D eigenvalue weighted by Crippen LogP contribution is -2.26. The number of nitrogens with one attached hydrogen (secondary N) is 1. The van der Waals surface area contributed by atoms with E-state index in [2.05, 4.69) is 5.32 Å². The fourth-order valence-electron chi connectivity index (χ4n) is 1.95. The van der Waals surface area contributed by atoms with Gasteiger partial charge in [0.15, 0.2) is 0 Å². The topological polar surface area (TPSA) is 21.3 Å². The Balaban J connectivity index is 1.91. The zero-order valence-electron chi connectivity index (χ0n) is 6.31. The van der Waals surface area contributed by atoms with Crippen LogP contribution in [0, 0.1) is 5.92 Å². The van der Waals surface area contributed by atoms with E-state index < -0.39 is 0 Å². The van der Waals surface area contributed by atoms with E-state index in [9.17, 15) is 0 Å². The third kappa shape index (κ3) is 1.32. The van der Waals surface area contributed by atoms with Crippen LogP contribution in [0.1, 0.15) is 19.3 Å². The molecule has 0 aromatic rings. The van der Waals surface area contributed by atoms with E-state index in [1.54, 1.807) is 0 Å². The van der Waals surface area contributed by atoms with Gasteiger partial charge in [-0.1, -0.05) is 0 Å². The van der Waals surface area contributed by atoms with Crippen LogP contribution >= 0.6 is 0 Å². The standard InChI is InChI=1S/C8H15NO/c1-2-7-4-8(9-5-7)6-10-3-1/h7-9H,1-6H2. The summed E-state index contributed by atoms with van der Waals surface area (Å²) in [6, 6.07) is 0.672. The molecule has 2 saturated heterocycles. The van der Waals surface area contributed by atoms with Gasteiger partial charge in [0, 0.05) is 12.6 Å². The molecule has 2 rings (SSSR count). The molecule has 0 radical (unpaired) electrons. The van der Waals surface area contributed by atoms with E-state index in [0.717, 1.165) is 19.1 Å². The summed E-state index contributed by atoms with van der Waals surface area (Å²) in [6.07, 6.45) is 3.97. The minimum Gasteiger partial charge on any atom is -0.380 e. The van der Waals surface area contributed by atoms with Gasteiger partial charge in [-0.25, -0.2) is 0 Å². The highest BCUT2D eigenvalue weighted by molar-refractivity contribution is 4.82. The van der Waals surface area contributed by atoms with Gasteiger partial charge in [0.2, 0.25) is 0 Å². The van der Waals surface area contributed by atoms with Gasteiger partial charge in [-0.05, 0) is 31.7 Å². The summed E-state index contributed by atoms with van der Waals surface area (Å²) < 4.78 is 5.44. The quantitative estimate of drug-likeness (QED) is 0.538. The first-order valence-electron chi connectivity index (χ1n) is 4.26. The molecule has 10 heavy (non-hydrogen) atoms. The average Bonchev–Trinajstić information content (AvgIpc) is 2.30. The lowest BCUT2D eigenvalue weighted by Gasteiger charge is -2.14. The van der Waals surface area contributed by atoms with Crippen molar-refractivity contribution < 1.29 is 4.74 Å². The molecule has 0 aromatic heterocycles. The smallest absolute Gasteiger partial charge is 0.0619 e. The van der Waals surface area contributed by atoms with Crippen LogP contribution in [-0.4, -0.2) is 25.8 Å². The molecule has 2 heterocycles. The largest absolute Gasteiger partial charge is 0.380 e. The normalized spacial score (nSPS) is 40.8. The Labute approximate surface area is 61.9 Å². The van der Waals surface area contributed by atoms with Crippen LogP contribution in [0.2, 0.25) is 0 Å². The lowest BCUT2D eigenvalue weighted by atomic mass is 9.99. The van der Waals surface area contributed by atoms with Crippen molar-refractivity contribution in [1.29, 1.82) is 0 Å². The second-order valence-electron chi connectivity index (χ2n) is 3.42. The molecule has 58 valence electrons. The van der Waals surface area contributed by atoms with E-state index in [0.29, 0.717) is 6.04 Å². The van der Waals surface area contributed by atoms with E-state index in [4.69, 9.17) is 4.74 Å². The van der Waals surface area contributed by atoms with Crippen molar-refractivity contribution in [2.45, 2.75) is 25.3 Å². The molecule has 2 nitrogen and oxygen atoms in total. The second kappa shape index (κ2) is 2.89. The molecule has 1 N–H and O–H groups in total. The van der Waals surface area contributed by atoms with Gasteiger partial charge < -0.3 is 10.1 Å². The van der Waals surface area contributed by atoms with Crippen LogP contribution in [0.3, 0.4) is 0 Å². The Hall–Kier alpha value is -0.0800. The van der Waals surface area contributed by atoms with E-state index in [-0.39, 0.29) is 0 Å². The number of ether oxygens (including phenoxy) is 1. The summed E-state index contributed by atoms with van der Waals surface area (Å²) in [5, 5.41) is 3.47. The number of hydrogen-bond acceptors (Lipinski definition) is 2. The molecule has 2 aliphatic rings. The molecular weight excluding hydrogens is 126 g/mol. The zero-order valence-corrected chi connectivity index (χ0v) is 6.31. The zero-order chi connectivity index (χ0) is 6.81. The summed E-state index contributed by atoms with van der Waals surface area (Å²) in [5.74, 6) is 0.953. The van der Waals surface area contributed by atoms with Gasteiger partial charge >= 0.3 is 0 Å². The van der Waals surface area contributed by atoms with Gasteiger partial charge in [-0.3, -0.25) is 0 Å². The first-order chi connectivity index (χ1) is 4.95. The van der Waals surface area contributed by atoms with Crippen LogP contribution in [0.5, 0.6) is 0 Å². The predicted molar refractivity (Wildman–Crippen MR) is 40.0 cm³/mol. The fourth-order valence-corrected chi connectivity index (χ4v) is 1.95. The van der Waals surface area contributed by atoms with Crippen molar-refractivity contribution >= 4 is 0 Å².